The highest BCUT2D eigenvalue weighted by atomic mass is 79.9. The second-order valence-corrected chi connectivity index (χ2v) is 13.3. The van der Waals surface area contributed by atoms with Gasteiger partial charge in [0.15, 0.2) is 0 Å². The van der Waals surface area contributed by atoms with E-state index in [1.54, 1.807) is 16.7 Å². The van der Waals surface area contributed by atoms with Gasteiger partial charge in [0.1, 0.15) is 6.04 Å². The van der Waals surface area contributed by atoms with Crippen molar-refractivity contribution in [2.75, 3.05) is 11.9 Å². The van der Waals surface area contributed by atoms with Crippen molar-refractivity contribution in [3.05, 3.63) is 65.2 Å². The van der Waals surface area contributed by atoms with Crippen LogP contribution in [0.5, 0.6) is 0 Å². The number of hydrogen-bond donors (Lipinski definition) is 3. The first-order chi connectivity index (χ1) is 18.2. The summed E-state index contributed by atoms with van der Waals surface area (Å²) in [6.45, 7) is 5.93. The summed E-state index contributed by atoms with van der Waals surface area (Å²) < 4.78 is -0.756. The van der Waals surface area contributed by atoms with E-state index in [-0.39, 0.29) is 34.4 Å². The molecular weight excluding hydrogens is 566 g/mol. The first kappa shape index (κ1) is 27.2. The van der Waals surface area contributed by atoms with Gasteiger partial charge in [0.25, 0.3) is 0 Å². The number of para-hydroxylation sites is 1. The number of carbonyl (C=O) groups excluding carboxylic acids is 3. The van der Waals surface area contributed by atoms with Crippen molar-refractivity contribution in [1.29, 1.82) is 0 Å². The third-order valence-corrected chi connectivity index (χ3v) is 11.6. The van der Waals surface area contributed by atoms with Gasteiger partial charge in [-0.05, 0) is 43.4 Å². The summed E-state index contributed by atoms with van der Waals surface area (Å²) in [6, 6.07) is 14.2. The number of carbonyl (C=O) groups is 3. The van der Waals surface area contributed by atoms with Gasteiger partial charge in [0.2, 0.25) is 17.7 Å². The molecule has 3 N–H and O–H groups in total. The fourth-order valence-corrected chi connectivity index (χ4v) is 10.2. The topological polar surface area (TPSA) is 98.7 Å². The summed E-state index contributed by atoms with van der Waals surface area (Å²) >= 11 is 5.40. The number of aliphatic hydroxyl groups is 1. The molecule has 3 aliphatic rings. The Morgan fingerprint density at radius 3 is 2.45 bits per heavy atom. The van der Waals surface area contributed by atoms with E-state index in [4.69, 9.17) is 0 Å². The van der Waals surface area contributed by atoms with Crippen LogP contribution in [-0.4, -0.2) is 61.2 Å². The number of halogens is 1. The molecule has 3 fully saturated rings. The Balaban J connectivity index is 1.50. The Morgan fingerprint density at radius 1 is 1.13 bits per heavy atom. The van der Waals surface area contributed by atoms with Gasteiger partial charge < -0.3 is 20.6 Å². The molecule has 9 heteroatoms. The van der Waals surface area contributed by atoms with Crippen LogP contribution in [-0.2, 0) is 20.9 Å². The molecule has 5 rings (SSSR count). The zero-order valence-electron chi connectivity index (χ0n) is 21.8. The molecule has 2 bridgehead atoms. The van der Waals surface area contributed by atoms with Crippen LogP contribution in [0.4, 0.5) is 5.69 Å². The number of fused-ring (bicyclic) bond motifs is 1. The molecule has 0 aromatic heterocycles. The zero-order valence-corrected chi connectivity index (χ0v) is 24.2. The molecule has 3 unspecified atom stereocenters. The van der Waals surface area contributed by atoms with Crippen molar-refractivity contribution in [3.63, 3.8) is 0 Å². The number of nitrogens with zero attached hydrogens (tertiary/aromatic N) is 1. The molecule has 3 amide bonds. The molecular formula is C29H34BrN3O4S. The lowest BCUT2D eigenvalue weighted by Crippen LogP contribution is -2.55. The van der Waals surface area contributed by atoms with Gasteiger partial charge >= 0.3 is 0 Å². The molecule has 7 atom stereocenters. The molecule has 0 aliphatic carbocycles. The number of benzene rings is 2. The Hall–Kier alpha value is -2.36. The number of hydrogen-bond acceptors (Lipinski definition) is 5. The molecule has 3 saturated heterocycles. The fraction of sp³-hybridized carbons (Fsp3) is 0.483. The lowest BCUT2D eigenvalue weighted by atomic mass is 9.70. The van der Waals surface area contributed by atoms with Crippen molar-refractivity contribution in [2.45, 2.75) is 67.1 Å². The summed E-state index contributed by atoms with van der Waals surface area (Å²) in [5.41, 5.74) is 3.61. The molecule has 2 aromatic rings. The average Bonchev–Trinajstić information content (AvgIpc) is 3.50. The number of likely N-dealkylation sites (tertiary alicyclic amines) is 1. The third-order valence-electron chi connectivity index (χ3n) is 8.39. The lowest BCUT2D eigenvalue weighted by Gasteiger charge is -2.37. The highest BCUT2D eigenvalue weighted by Crippen LogP contribution is 2.68. The summed E-state index contributed by atoms with van der Waals surface area (Å²) in [5.74, 6) is -1.82. The second kappa shape index (κ2) is 10.7. The highest BCUT2D eigenvalue weighted by molar-refractivity contribution is 9.09. The smallest absolute Gasteiger partial charge is 0.248 e. The van der Waals surface area contributed by atoms with Crippen molar-refractivity contribution < 1.29 is 19.5 Å². The van der Waals surface area contributed by atoms with E-state index >= 15 is 0 Å². The molecule has 3 aliphatic heterocycles. The van der Waals surface area contributed by atoms with Crippen molar-refractivity contribution in [2.24, 2.45) is 11.8 Å². The van der Waals surface area contributed by atoms with Crippen LogP contribution in [0, 0.1) is 25.7 Å². The number of amides is 3. The third kappa shape index (κ3) is 4.36. The normalized spacial score (nSPS) is 30.3. The van der Waals surface area contributed by atoms with Crippen molar-refractivity contribution >= 4 is 51.1 Å². The Labute approximate surface area is 236 Å². The maximum atomic E-state index is 14.2. The van der Waals surface area contributed by atoms with Crippen LogP contribution in [0.25, 0.3) is 0 Å². The highest BCUT2D eigenvalue weighted by Gasteiger charge is 2.76. The molecule has 3 heterocycles. The van der Waals surface area contributed by atoms with Gasteiger partial charge in [-0.25, -0.2) is 0 Å². The second-order valence-electron chi connectivity index (χ2n) is 10.6. The zero-order chi connectivity index (χ0) is 27.2. The predicted molar refractivity (Wildman–Crippen MR) is 153 cm³/mol. The summed E-state index contributed by atoms with van der Waals surface area (Å²) in [5, 5.41) is 16.3. The maximum Gasteiger partial charge on any atom is 0.248 e. The minimum Gasteiger partial charge on any atom is -0.394 e. The standard InChI is InChI=1S/C29H34BrN3O4S/c1-4-19(15-34)33-25(27(36)32-23-16(2)9-8-10-17(23)3)29-13-20(30)24(38-29)21(22(29)28(33)37)26(35)31-14-18-11-6-5-7-12-18/h5-12,19-22,24-25,34H,4,13-15H2,1-3H3,(H,31,35)(H,32,36)/t19-,20?,21-,22-,24-,25?,29?/m0/s1. The van der Waals surface area contributed by atoms with E-state index < -0.39 is 28.7 Å². The van der Waals surface area contributed by atoms with Crippen LogP contribution in [0.1, 0.15) is 36.5 Å². The summed E-state index contributed by atoms with van der Waals surface area (Å²) in [4.78, 5) is 43.5. The predicted octanol–water partition coefficient (Wildman–Crippen LogP) is 3.79. The van der Waals surface area contributed by atoms with E-state index in [1.807, 2.05) is 69.3 Å². The number of anilines is 1. The van der Waals surface area contributed by atoms with Crippen LogP contribution in [0.3, 0.4) is 0 Å². The van der Waals surface area contributed by atoms with Crippen LogP contribution in [0.15, 0.2) is 48.5 Å². The number of aliphatic hydroxyl groups excluding tert-OH is 1. The van der Waals surface area contributed by atoms with Gasteiger partial charge in [-0.3, -0.25) is 14.4 Å². The quantitative estimate of drug-likeness (QED) is 0.401. The molecule has 2 aromatic carbocycles. The van der Waals surface area contributed by atoms with Gasteiger partial charge in [0, 0.05) is 22.3 Å². The monoisotopic (exact) mass is 599 g/mol. The van der Waals surface area contributed by atoms with Gasteiger partial charge in [-0.1, -0.05) is 71.4 Å². The van der Waals surface area contributed by atoms with Gasteiger partial charge in [0.05, 0.1) is 29.2 Å². The Kier molecular flexibility index (Phi) is 7.64. The minimum absolute atomic E-state index is 0.00586. The molecule has 202 valence electrons. The van der Waals surface area contributed by atoms with E-state index in [9.17, 15) is 19.5 Å². The Bertz CT molecular complexity index is 1220. The van der Waals surface area contributed by atoms with Gasteiger partial charge in [-0.15, -0.1) is 11.8 Å². The van der Waals surface area contributed by atoms with Crippen LogP contribution < -0.4 is 10.6 Å². The molecule has 1 spiro atoms. The van der Waals surface area contributed by atoms with E-state index in [0.29, 0.717) is 19.4 Å². The fourth-order valence-electron chi connectivity index (χ4n) is 6.58. The number of alkyl halides is 1. The number of rotatable bonds is 8. The van der Waals surface area contributed by atoms with Crippen molar-refractivity contribution in [1.82, 2.24) is 10.2 Å². The van der Waals surface area contributed by atoms with Crippen LogP contribution in [0.2, 0.25) is 0 Å². The maximum absolute atomic E-state index is 14.2. The van der Waals surface area contributed by atoms with Crippen molar-refractivity contribution in [3.8, 4) is 0 Å². The first-order valence-electron chi connectivity index (χ1n) is 13.2. The number of aryl methyl sites for hydroxylation is 2. The lowest BCUT2D eigenvalue weighted by molar-refractivity contribution is -0.142. The van der Waals surface area contributed by atoms with E-state index in [1.165, 1.54) is 0 Å². The number of nitrogens with one attached hydrogen (secondary N) is 2. The molecule has 38 heavy (non-hydrogen) atoms. The molecule has 7 nitrogen and oxygen atoms in total. The Morgan fingerprint density at radius 2 is 1.82 bits per heavy atom. The SMILES string of the molecule is CC[C@@H](CO)N1C(=O)[C@@H]2[C@H](C(=O)NCc3ccccc3)[C@H]3SC2(CC3Br)C1C(=O)Nc1c(C)cccc1C. The summed E-state index contributed by atoms with van der Waals surface area (Å²) in [6.07, 6.45) is 1.11. The molecule has 0 saturated carbocycles. The number of thioether (sulfide) groups is 1. The van der Waals surface area contributed by atoms with E-state index in [0.717, 1.165) is 22.4 Å². The largest absolute Gasteiger partial charge is 0.394 e. The minimum atomic E-state index is -0.793. The average molecular weight is 601 g/mol. The first-order valence-corrected chi connectivity index (χ1v) is 15.0. The summed E-state index contributed by atoms with van der Waals surface area (Å²) in [7, 11) is 0. The van der Waals surface area contributed by atoms with Crippen LogP contribution >= 0.6 is 27.7 Å². The van der Waals surface area contributed by atoms with Gasteiger partial charge in [-0.2, -0.15) is 0 Å². The molecule has 0 radical (unpaired) electrons. The van der Waals surface area contributed by atoms with E-state index in [2.05, 4.69) is 26.6 Å².